The summed E-state index contributed by atoms with van der Waals surface area (Å²) in [5.74, 6) is 0. The second-order valence-electron chi connectivity index (χ2n) is 4.08. The van der Waals surface area contributed by atoms with E-state index in [2.05, 4.69) is 0 Å². The SMILES string of the molecule is Cc1cc(C(O)CCCN)cc(C(F)(F)F)c1. The van der Waals surface area contributed by atoms with E-state index in [-0.39, 0.29) is 0 Å². The van der Waals surface area contributed by atoms with Gasteiger partial charge in [0.05, 0.1) is 11.7 Å². The topological polar surface area (TPSA) is 46.2 Å². The Morgan fingerprint density at radius 3 is 2.47 bits per heavy atom. The third kappa shape index (κ3) is 4.02. The Bertz CT molecular complexity index is 377. The van der Waals surface area contributed by atoms with Crippen molar-refractivity contribution in [3.63, 3.8) is 0 Å². The number of hydrogen-bond acceptors (Lipinski definition) is 2. The molecule has 17 heavy (non-hydrogen) atoms. The first-order chi connectivity index (χ1) is 7.84. The van der Waals surface area contributed by atoms with Crippen LogP contribution in [0.3, 0.4) is 0 Å². The molecule has 0 heterocycles. The second-order valence-corrected chi connectivity index (χ2v) is 4.08. The fraction of sp³-hybridized carbons (Fsp3) is 0.500. The molecule has 0 amide bonds. The predicted molar refractivity (Wildman–Crippen MR) is 59.4 cm³/mol. The number of aliphatic hydroxyl groups excluding tert-OH is 1. The predicted octanol–water partition coefficient (Wildman–Crippen LogP) is 2.79. The average molecular weight is 247 g/mol. The number of hydrogen-bond donors (Lipinski definition) is 2. The number of alkyl halides is 3. The zero-order chi connectivity index (χ0) is 13.1. The van der Waals surface area contributed by atoms with E-state index in [0.29, 0.717) is 30.5 Å². The van der Waals surface area contributed by atoms with E-state index >= 15 is 0 Å². The van der Waals surface area contributed by atoms with E-state index in [1.165, 1.54) is 0 Å². The van der Waals surface area contributed by atoms with Crippen LogP contribution in [0.5, 0.6) is 0 Å². The molecule has 0 bridgehead atoms. The Hall–Kier alpha value is -1.07. The van der Waals surface area contributed by atoms with Gasteiger partial charge in [-0.2, -0.15) is 13.2 Å². The standard InChI is InChI=1S/C12H16F3NO/c1-8-5-9(11(17)3-2-4-16)7-10(6-8)12(13,14)15/h5-7,11,17H,2-4,16H2,1H3. The molecule has 1 aromatic rings. The van der Waals surface area contributed by atoms with E-state index in [1.54, 1.807) is 13.0 Å². The molecule has 96 valence electrons. The van der Waals surface area contributed by atoms with Crippen molar-refractivity contribution in [2.75, 3.05) is 6.54 Å². The van der Waals surface area contributed by atoms with E-state index in [1.807, 2.05) is 0 Å². The smallest absolute Gasteiger partial charge is 0.388 e. The van der Waals surface area contributed by atoms with Crippen molar-refractivity contribution >= 4 is 0 Å². The van der Waals surface area contributed by atoms with Gasteiger partial charge in [0.25, 0.3) is 0 Å². The minimum atomic E-state index is -4.38. The van der Waals surface area contributed by atoms with Gasteiger partial charge in [0, 0.05) is 0 Å². The van der Waals surface area contributed by atoms with E-state index < -0.39 is 17.8 Å². The Labute approximate surface area is 98.3 Å². The van der Waals surface area contributed by atoms with Crippen molar-refractivity contribution in [2.45, 2.75) is 32.0 Å². The summed E-state index contributed by atoms with van der Waals surface area (Å²) < 4.78 is 37.7. The molecule has 0 aliphatic carbocycles. The molecule has 0 saturated heterocycles. The summed E-state index contributed by atoms with van der Waals surface area (Å²) in [7, 11) is 0. The molecule has 3 N–H and O–H groups in total. The van der Waals surface area contributed by atoms with Crippen LogP contribution in [0.25, 0.3) is 0 Å². The van der Waals surface area contributed by atoms with E-state index in [0.717, 1.165) is 12.1 Å². The molecular formula is C12H16F3NO. The Morgan fingerprint density at radius 2 is 1.94 bits per heavy atom. The zero-order valence-corrected chi connectivity index (χ0v) is 9.59. The first kappa shape index (κ1) is 14.0. The van der Waals surface area contributed by atoms with Crippen molar-refractivity contribution in [1.29, 1.82) is 0 Å². The minimum Gasteiger partial charge on any atom is -0.388 e. The molecular weight excluding hydrogens is 231 g/mol. The van der Waals surface area contributed by atoms with E-state index in [4.69, 9.17) is 5.73 Å². The van der Waals surface area contributed by atoms with Crippen LogP contribution >= 0.6 is 0 Å². The molecule has 1 atom stereocenters. The molecule has 0 aliphatic rings. The lowest BCUT2D eigenvalue weighted by molar-refractivity contribution is -0.137. The number of rotatable bonds is 4. The maximum Gasteiger partial charge on any atom is 0.416 e. The molecule has 2 nitrogen and oxygen atoms in total. The first-order valence-electron chi connectivity index (χ1n) is 5.41. The quantitative estimate of drug-likeness (QED) is 0.859. The van der Waals surface area contributed by atoms with Crippen LogP contribution in [-0.2, 0) is 6.18 Å². The maximum atomic E-state index is 12.6. The summed E-state index contributed by atoms with van der Waals surface area (Å²) in [6, 6.07) is 3.63. The molecule has 1 aromatic carbocycles. The van der Waals surface area contributed by atoms with Crippen LogP contribution in [0.15, 0.2) is 18.2 Å². The Kier molecular flexibility index (Phi) is 4.54. The van der Waals surface area contributed by atoms with Crippen molar-refractivity contribution in [3.05, 3.63) is 34.9 Å². The lowest BCUT2D eigenvalue weighted by Crippen LogP contribution is -2.09. The van der Waals surface area contributed by atoms with Gasteiger partial charge in [-0.3, -0.25) is 0 Å². The average Bonchev–Trinajstić information content (AvgIpc) is 2.23. The minimum absolute atomic E-state index is 0.297. The normalized spacial score (nSPS) is 13.8. The van der Waals surface area contributed by atoms with Crippen molar-refractivity contribution in [1.82, 2.24) is 0 Å². The third-order valence-electron chi connectivity index (χ3n) is 2.49. The number of aliphatic hydroxyl groups is 1. The summed E-state index contributed by atoms with van der Waals surface area (Å²) >= 11 is 0. The number of nitrogens with two attached hydrogens (primary N) is 1. The van der Waals surface area contributed by atoms with Gasteiger partial charge < -0.3 is 10.8 Å². The third-order valence-corrected chi connectivity index (χ3v) is 2.49. The van der Waals surface area contributed by atoms with Gasteiger partial charge in [-0.05, 0) is 44.0 Å². The Balaban J connectivity index is 2.97. The van der Waals surface area contributed by atoms with Crippen LogP contribution in [-0.4, -0.2) is 11.7 Å². The summed E-state index contributed by atoms with van der Waals surface area (Å²) in [6.07, 6.45) is -4.32. The lowest BCUT2D eigenvalue weighted by Gasteiger charge is -2.14. The van der Waals surface area contributed by atoms with Crippen LogP contribution < -0.4 is 5.73 Å². The largest absolute Gasteiger partial charge is 0.416 e. The van der Waals surface area contributed by atoms with Crippen LogP contribution in [0, 0.1) is 6.92 Å². The first-order valence-corrected chi connectivity index (χ1v) is 5.41. The molecule has 0 saturated carbocycles. The summed E-state index contributed by atoms with van der Waals surface area (Å²) in [6.45, 7) is 1.99. The highest BCUT2D eigenvalue weighted by atomic mass is 19.4. The van der Waals surface area contributed by atoms with Crippen molar-refractivity contribution in [2.24, 2.45) is 5.73 Å². The number of aryl methyl sites for hydroxylation is 1. The van der Waals surface area contributed by atoms with Crippen molar-refractivity contribution < 1.29 is 18.3 Å². The van der Waals surface area contributed by atoms with E-state index in [9.17, 15) is 18.3 Å². The van der Waals surface area contributed by atoms with Gasteiger partial charge in [-0.15, -0.1) is 0 Å². The van der Waals surface area contributed by atoms with Gasteiger partial charge in [-0.25, -0.2) is 0 Å². The fourth-order valence-electron chi connectivity index (χ4n) is 1.65. The second kappa shape index (κ2) is 5.51. The molecule has 1 rings (SSSR count). The number of benzene rings is 1. The van der Waals surface area contributed by atoms with Crippen LogP contribution in [0.4, 0.5) is 13.2 Å². The highest BCUT2D eigenvalue weighted by Gasteiger charge is 2.31. The lowest BCUT2D eigenvalue weighted by atomic mass is 9.99. The summed E-state index contributed by atoms with van der Waals surface area (Å²) in [4.78, 5) is 0. The van der Waals surface area contributed by atoms with Crippen LogP contribution in [0.2, 0.25) is 0 Å². The summed E-state index contributed by atoms with van der Waals surface area (Å²) in [5, 5.41) is 9.74. The molecule has 0 fully saturated rings. The van der Waals surface area contributed by atoms with Crippen LogP contribution in [0.1, 0.15) is 35.6 Å². The molecule has 0 aromatic heterocycles. The monoisotopic (exact) mass is 247 g/mol. The molecule has 0 radical (unpaired) electrons. The molecule has 0 spiro atoms. The summed E-state index contributed by atoms with van der Waals surface area (Å²) in [5.41, 5.74) is 5.35. The van der Waals surface area contributed by atoms with Gasteiger partial charge >= 0.3 is 6.18 Å². The highest BCUT2D eigenvalue weighted by molar-refractivity contribution is 5.32. The Morgan fingerprint density at radius 1 is 1.29 bits per heavy atom. The molecule has 1 unspecified atom stereocenters. The van der Waals surface area contributed by atoms with Crippen molar-refractivity contribution in [3.8, 4) is 0 Å². The fourth-order valence-corrected chi connectivity index (χ4v) is 1.65. The maximum absolute atomic E-state index is 12.6. The van der Waals surface area contributed by atoms with Gasteiger partial charge in [-0.1, -0.05) is 11.6 Å². The van der Waals surface area contributed by atoms with Gasteiger partial charge in [0.1, 0.15) is 0 Å². The molecule has 5 heteroatoms. The molecule has 0 aliphatic heterocycles. The van der Waals surface area contributed by atoms with Gasteiger partial charge in [0.15, 0.2) is 0 Å². The zero-order valence-electron chi connectivity index (χ0n) is 9.59. The highest BCUT2D eigenvalue weighted by Crippen LogP contribution is 2.32. The van der Waals surface area contributed by atoms with Gasteiger partial charge in [0.2, 0.25) is 0 Å². The number of halogens is 3.